The number of rotatable bonds is 3. The third-order valence-corrected chi connectivity index (χ3v) is 3.85. The Labute approximate surface area is 124 Å². The molecule has 1 amide bonds. The maximum atomic E-state index is 12.7. The lowest BCUT2D eigenvalue weighted by molar-refractivity contribution is 0.0247. The lowest BCUT2D eigenvalue weighted by Gasteiger charge is -2.23. The van der Waals surface area contributed by atoms with E-state index in [1.54, 1.807) is 6.26 Å². The molecule has 0 unspecified atom stereocenters. The molecule has 3 heterocycles. The van der Waals surface area contributed by atoms with Gasteiger partial charge >= 0.3 is 0 Å². The molecule has 1 aliphatic heterocycles. The molecule has 2 aromatic heterocycles. The first kappa shape index (κ1) is 13.9. The molecule has 0 radical (unpaired) electrons. The van der Waals surface area contributed by atoms with Crippen LogP contribution in [0.15, 0.2) is 35.1 Å². The topological polar surface area (TPSA) is 47.6 Å². The highest BCUT2D eigenvalue weighted by Crippen LogP contribution is 2.19. The molecule has 0 spiro atoms. The Kier molecular flexibility index (Phi) is 3.84. The molecule has 0 bridgehead atoms. The molecule has 1 atom stereocenters. The second kappa shape index (κ2) is 5.77. The van der Waals surface area contributed by atoms with Crippen molar-refractivity contribution in [3.05, 3.63) is 47.7 Å². The minimum Gasteiger partial charge on any atom is -0.459 e. The lowest BCUT2D eigenvalue weighted by atomic mass is 10.2. The van der Waals surface area contributed by atoms with E-state index >= 15 is 0 Å². The summed E-state index contributed by atoms with van der Waals surface area (Å²) in [5.74, 6) is 0.349. The normalized spacial score (nSPS) is 18.4. The number of carbonyl (C=O) groups excluding carboxylic acids is 1. The van der Waals surface area contributed by atoms with Gasteiger partial charge in [-0.15, -0.1) is 0 Å². The van der Waals surface area contributed by atoms with Crippen LogP contribution >= 0.6 is 0 Å². The summed E-state index contributed by atoms with van der Waals surface area (Å²) >= 11 is 0. The van der Waals surface area contributed by atoms with Gasteiger partial charge in [0.25, 0.3) is 5.91 Å². The third-order valence-electron chi connectivity index (χ3n) is 3.85. The van der Waals surface area contributed by atoms with E-state index in [0.717, 1.165) is 17.8 Å². The zero-order valence-electron chi connectivity index (χ0n) is 12.4. The van der Waals surface area contributed by atoms with Gasteiger partial charge in [-0.25, -0.2) is 0 Å². The Hall–Kier alpha value is -2.01. The summed E-state index contributed by atoms with van der Waals surface area (Å²) in [5.41, 5.74) is 1.99. The number of aromatic nitrogens is 1. The largest absolute Gasteiger partial charge is 0.459 e. The van der Waals surface area contributed by atoms with Crippen LogP contribution < -0.4 is 0 Å². The second-order valence-corrected chi connectivity index (χ2v) is 5.35. The van der Waals surface area contributed by atoms with Gasteiger partial charge in [-0.3, -0.25) is 4.79 Å². The molecule has 5 heteroatoms. The summed E-state index contributed by atoms with van der Waals surface area (Å²) in [7, 11) is 0. The predicted octanol–water partition coefficient (Wildman–Crippen LogP) is 2.45. The van der Waals surface area contributed by atoms with Crippen LogP contribution in [0.4, 0.5) is 0 Å². The predicted molar refractivity (Wildman–Crippen MR) is 78.0 cm³/mol. The van der Waals surface area contributed by atoms with E-state index in [1.165, 1.54) is 0 Å². The Morgan fingerprint density at radius 1 is 1.43 bits per heavy atom. The molecule has 0 aromatic carbocycles. The van der Waals surface area contributed by atoms with Crippen LogP contribution in [0.1, 0.15) is 28.7 Å². The van der Waals surface area contributed by atoms with Gasteiger partial charge in [0.15, 0.2) is 5.76 Å². The number of hydrogen-bond donors (Lipinski definition) is 0. The molecule has 0 saturated heterocycles. The molecule has 2 aromatic rings. The number of nitrogens with zero attached hydrogens (tertiary/aromatic N) is 2. The van der Waals surface area contributed by atoms with Gasteiger partial charge in [-0.1, -0.05) is 0 Å². The maximum Gasteiger partial charge on any atom is 0.290 e. The average molecular weight is 288 g/mol. The van der Waals surface area contributed by atoms with E-state index in [0.29, 0.717) is 25.5 Å². The summed E-state index contributed by atoms with van der Waals surface area (Å²) in [4.78, 5) is 14.5. The number of aryl methyl sites for hydroxylation is 1. The van der Waals surface area contributed by atoms with Crippen LogP contribution in [0.2, 0.25) is 0 Å². The summed E-state index contributed by atoms with van der Waals surface area (Å²) in [6.07, 6.45) is 3.60. The summed E-state index contributed by atoms with van der Waals surface area (Å²) in [6, 6.07) is 5.86. The first-order chi connectivity index (χ1) is 10.2. The van der Waals surface area contributed by atoms with Crippen molar-refractivity contribution in [2.24, 2.45) is 0 Å². The highest BCUT2D eigenvalue weighted by Gasteiger charge is 2.27. The number of ether oxygens (including phenoxy) is 1. The fourth-order valence-electron chi connectivity index (χ4n) is 2.79. The number of fused-ring (bicyclic) bond motifs is 1. The minimum absolute atomic E-state index is 0.00266. The van der Waals surface area contributed by atoms with Crippen molar-refractivity contribution in [1.29, 1.82) is 0 Å². The molecule has 112 valence electrons. The van der Waals surface area contributed by atoms with Crippen LogP contribution in [-0.2, 0) is 17.8 Å². The third kappa shape index (κ3) is 2.74. The van der Waals surface area contributed by atoms with Crippen molar-refractivity contribution in [3.63, 3.8) is 0 Å². The molecule has 0 saturated carbocycles. The average Bonchev–Trinajstić information content (AvgIpc) is 3.03. The first-order valence-corrected chi connectivity index (χ1v) is 7.28. The van der Waals surface area contributed by atoms with E-state index in [2.05, 4.69) is 4.57 Å². The van der Waals surface area contributed by atoms with Gasteiger partial charge < -0.3 is 18.6 Å². The monoisotopic (exact) mass is 288 g/mol. The van der Waals surface area contributed by atoms with Crippen LogP contribution in [0.5, 0.6) is 0 Å². The smallest absolute Gasteiger partial charge is 0.290 e. The summed E-state index contributed by atoms with van der Waals surface area (Å²) in [5, 5.41) is 0. The van der Waals surface area contributed by atoms with E-state index in [4.69, 9.17) is 9.15 Å². The molecule has 0 fully saturated rings. The highest BCUT2D eigenvalue weighted by atomic mass is 16.5. The summed E-state index contributed by atoms with van der Waals surface area (Å²) in [6.45, 7) is 6.44. The Morgan fingerprint density at radius 2 is 2.29 bits per heavy atom. The van der Waals surface area contributed by atoms with Gasteiger partial charge in [0.1, 0.15) is 0 Å². The summed E-state index contributed by atoms with van der Waals surface area (Å²) < 4.78 is 13.3. The molecule has 1 aliphatic rings. The van der Waals surface area contributed by atoms with Gasteiger partial charge in [0.05, 0.1) is 25.5 Å². The molecule has 0 aliphatic carbocycles. The van der Waals surface area contributed by atoms with E-state index in [9.17, 15) is 4.79 Å². The minimum atomic E-state index is -0.0724. The molecular formula is C16H20N2O3. The van der Waals surface area contributed by atoms with E-state index in [1.807, 2.05) is 43.1 Å². The molecular weight excluding hydrogens is 268 g/mol. The molecule has 3 rings (SSSR count). The van der Waals surface area contributed by atoms with Crippen molar-refractivity contribution in [2.75, 3.05) is 13.2 Å². The van der Waals surface area contributed by atoms with Crippen molar-refractivity contribution >= 4 is 5.91 Å². The number of carbonyl (C=O) groups is 1. The van der Waals surface area contributed by atoms with Gasteiger partial charge in [0, 0.05) is 30.6 Å². The first-order valence-electron chi connectivity index (χ1n) is 7.28. The van der Waals surface area contributed by atoms with Crippen molar-refractivity contribution in [1.82, 2.24) is 9.47 Å². The maximum absolute atomic E-state index is 12.7. The lowest BCUT2D eigenvalue weighted by Crippen LogP contribution is -2.37. The van der Waals surface area contributed by atoms with Gasteiger partial charge in [0.2, 0.25) is 0 Å². The van der Waals surface area contributed by atoms with Crippen LogP contribution in [0.3, 0.4) is 0 Å². The molecule has 5 nitrogen and oxygen atoms in total. The van der Waals surface area contributed by atoms with Gasteiger partial charge in [-0.2, -0.15) is 0 Å². The Balaban J connectivity index is 1.87. The van der Waals surface area contributed by atoms with Crippen molar-refractivity contribution in [2.45, 2.75) is 33.0 Å². The van der Waals surface area contributed by atoms with Crippen LogP contribution in [0, 0.1) is 6.92 Å². The van der Waals surface area contributed by atoms with E-state index in [-0.39, 0.29) is 12.0 Å². The zero-order chi connectivity index (χ0) is 14.8. The molecule has 21 heavy (non-hydrogen) atoms. The SMILES string of the molecule is CCO[C@@H]1CN(C(=O)c2occc2C)Cc2cccn2C1. The number of furan rings is 1. The zero-order valence-corrected chi connectivity index (χ0v) is 12.4. The van der Waals surface area contributed by atoms with Crippen LogP contribution in [0.25, 0.3) is 0 Å². The van der Waals surface area contributed by atoms with Crippen molar-refractivity contribution < 1.29 is 13.9 Å². The highest BCUT2D eigenvalue weighted by molar-refractivity contribution is 5.92. The second-order valence-electron chi connectivity index (χ2n) is 5.35. The standard InChI is InChI=1S/C16H20N2O3/c1-3-20-14-10-17-7-4-5-13(17)9-18(11-14)16(19)15-12(2)6-8-21-15/h4-8,14H,3,9-11H2,1-2H3/t14-/m0/s1. The van der Waals surface area contributed by atoms with Gasteiger partial charge in [-0.05, 0) is 32.0 Å². The number of amides is 1. The molecule has 0 N–H and O–H groups in total. The Bertz CT molecular complexity index is 629. The number of hydrogen-bond acceptors (Lipinski definition) is 3. The quantitative estimate of drug-likeness (QED) is 0.871. The van der Waals surface area contributed by atoms with E-state index < -0.39 is 0 Å². The Morgan fingerprint density at radius 3 is 3.00 bits per heavy atom. The fourth-order valence-corrected chi connectivity index (χ4v) is 2.79. The fraction of sp³-hybridized carbons (Fsp3) is 0.438. The van der Waals surface area contributed by atoms with Crippen LogP contribution in [-0.4, -0.2) is 34.6 Å². The van der Waals surface area contributed by atoms with Crippen molar-refractivity contribution in [3.8, 4) is 0 Å².